The van der Waals surface area contributed by atoms with E-state index < -0.39 is 24.1 Å². The van der Waals surface area contributed by atoms with Crippen molar-refractivity contribution >= 4 is 45.8 Å². The second-order valence-electron chi connectivity index (χ2n) is 3.20. The number of amides is 1. The zero-order valence-corrected chi connectivity index (χ0v) is 11.5. The highest BCUT2D eigenvalue weighted by atomic mass is 127. The van der Waals surface area contributed by atoms with Gasteiger partial charge < -0.3 is 5.32 Å². The summed E-state index contributed by atoms with van der Waals surface area (Å²) in [6.45, 7) is 0. The van der Waals surface area contributed by atoms with Crippen LogP contribution in [0.1, 0.15) is 12.0 Å². The van der Waals surface area contributed by atoms with E-state index in [1.165, 1.54) is 0 Å². The van der Waals surface area contributed by atoms with Crippen LogP contribution in [-0.2, 0) is 11.0 Å². The van der Waals surface area contributed by atoms with Crippen molar-refractivity contribution in [2.24, 2.45) is 0 Å². The van der Waals surface area contributed by atoms with Gasteiger partial charge in [-0.15, -0.1) is 0 Å². The molecule has 0 fully saturated rings. The molecule has 0 unspecified atom stereocenters. The summed E-state index contributed by atoms with van der Waals surface area (Å²) in [6, 6.07) is 3.22. The zero-order chi connectivity index (χ0) is 13.9. The van der Waals surface area contributed by atoms with E-state index in [2.05, 4.69) is 5.32 Å². The van der Waals surface area contributed by atoms with Crippen LogP contribution >= 0.6 is 34.2 Å². The lowest BCUT2D eigenvalue weighted by Gasteiger charge is -2.12. The molecule has 0 bridgehead atoms. The van der Waals surface area contributed by atoms with Gasteiger partial charge in [0.25, 0.3) is 0 Å². The fourth-order valence-electron chi connectivity index (χ4n) is 1.11. The molecule has 0 atom stereocenters. The van der Waals surface area contributed by atoms with E-state index in [4.69, 9.17) is 16.9 Å². The number of nitrogens with zero attached hydrogens (tertiary/aromatic N) is 1. The average Bonchev–Trinajstić information content (AvgIpc) is 2.22. The molecule has 0 aliphatic rings. The van der Waals surface area contributed by atoms with Gasteiger partial charge >= 0.3 is 6.18 Å². The van der Waals surface area contributed by atoms with Crippen LogP contribution in [0.15, 0.2) is 12.1 Å². The Morgan fingerprint density at radius 3 is 2.56 bits per heavy atom. The van der Waals surface area contributed by atoms with Crippen molar-refractivity contribution in [3.05, 3.63) is 26.3 Å². The Kier molecular flexibility index (Phi) is 4.81. The smallest absolute Gasteiger partial charge is 0.323 e. The van der Waals surface area contributed by atoms with Gasteiger partial charge in [-0.25, -0.2) is 0 Å². The molecule has 0 spiro atoms. The molecule has 0 aromatic heterocycles. The van der Waals surface area contributed by atoms with E-state index in [0.717, 1.165) is 12.1 Å². The molecule has 1 amide bonds. The molecule has 0 aliphatic heterocycles. The van der Waals surface area contributed by atoms with E-state index >= 15 is 0 Å². The summed E-state index contributed by atoms with van der Waals surface area (Å²) in [5.74, 6) is -0.628. The first-order chi connectivity index (χ1) is 8.25. The van der Waals surface area contributed by atoms with Gasteiger partial charge in [-0.2, -0.15) is 18.4 Å². The molecule has 1 aromatic carbocycles. The molecule has 3 nitrogen and oxygen atoms in total. The van der Waals surface area contributed by atoms with E-state index in [9.17, 15) is 18.0 Å². The van der Waals surface area contributed by atoms with Crippen LogP contribution in [0.5, 0.6) is 0 Å². The number of halogens is 5. The summed E-state index contributed by atoms with van der Waals surface area (Å²) >= 11 is 7.31. The third-order valence-corrected chi connectivity index (χ3v) is 3.02. The van der Waals surface area contributed by atoms with Crippen molar-refractivity contribution in [3.63, 3.8) is 0 Å². The average molecular weight is 389 g/mol. The molecule has 0 radical (unpaired) electrons. The maximum Gasteiger partial charge on any atom is 0.416 e. The van der Waals surface area contributed by atoms with Gasteiger partial charge in [0.2, 0.25) is 5.91 Å². The second kappa shape index (κ2) is 5.75. The Hall–Kier alpha value is -1.01. The number of carbonyl (C=O) groups excluding carboxylic acids is 1. The molecule has 96 valence electrons. The van der Waals surface area contributed by atoms with Gasteiger partial charge in [0, 0.05) is 3.57 Å². The van der Waals surface area contributed by atoms with Crippen LogP contribution in [0, 0.1) is 14.9 Å². The number of hydrogen-bond donors (Lipinski definition) is 1. The third-order valence-electron chi connectivity index (χ3n) is 1.87. The van der Waals surface area contributed by atoms with Crippen LogP contribution in [0.3, 0.4) is 0 Å². The molecule has 0 aliphatic carbocycles. The first-order valence-corrected chi connectivity index (χ1v) is 5.94. The second-order valence-corrected chi connectivity index (χ2v) is 4.77. The maximum atomic E-state index is 12.5. The molecule has 1 rings (SSSR count). The molecule has 1 N–H and O–H groups in total. The SMILES string of the molecule is N#CCC(=O)Nc1c(Cl)cc(C(F)(F)F)cc1I. The van der Waals surface area contributed by atoms with E-state index in [-0.39, 0.29) is 14.3 Å². The fraction of sp³-hybridized carbons (Fsp3) is 0.200. The molecule has 1 aromatic rings. The van der Waals surface area contributed by atoms with Crippen molar-refractivity contribution in [2.45, 2.75) is 12.6 Å². The predicted octanol–water partition coefficient (Wildman–Crippen LogP) is 3.82. The van der Waals surface area contributed by atoms with Crippen molar-refractivity contribution in [1.29, 1.82) is 5.26 Å². The standard InChI is InChI=1S/C10H5ClF3IN2O/c11-6-3-5(10(12,13)14)4-7(15)9(6)17-8(18)1-2-16/h3-4H,1H2,(H,17,18). The molecule has 8 heteroatoms. The number of nitrogens with one attached hydrogen (secondary N) is 1. The van der Waals surface area contributed by atoms with Crippen molar-refractivity contribution in [1.82, 2.24) is 0 Å². The molecular formula is C10H5ClF3IN2O. The minimum atomic E-state index is -4.50. The maximum absolute atomic E-state index is 12.5. The van der Waals surface area contributed by atoms with E-state index in [0.29, 0.717) is 0 Å². The summed E-state index contributed by atoms with van der Waals surface area (Å²) in [6.07, 6.45) is -4.90. The number of carbonyl (C=O) groups is 1. The van der Waals surface area contributed by atoms with Crippen LogP contribution in [0.25, 0.3) is 0 Å². The molecule has 18 heavy (non-hydrogen) atoms. The Labute approximate surface area is 119 Å². The third kappa shape index (κ3) is 3.74. The van der Waals surface area contributed by atoms with Crippen LogP contribution in [-0.4, -0.2) is 5.91 Å². The molecule has 0 saturated carbocycles. The Morgan fingerprint density at radius 1 is 1.50 bits per heavy atom. The van der Waals surface area contributed by atoms with Crippen LogP contribution in [0.2, 0.25) is 5.02 Å². The summed E-state index contributed by atoms with van der Waals surface area (Å²) in [5, 5.41) is 10.4. The number of benzene rings is 1. The van der Waals surface area contributed by atoms with Crippen molar-refractivity contribution in [2.75, 3.05) is 5.32 Å². The van der Waals surface area contributed by atoms with Crippen LogP contribution in [0.4, 0.5) is 18.9 Å². The summed E-state index contributed by atoms with van der Waals surface area (Å²) in [7, 11) is 0. The Bertz CT molecular complexity index is 502. The number of alkyl halides is 3. The minimum Gasteiger partial charge on any atom is -0.323 e. The highest BCUT2D eigenvalue weighted by Crippen LogP contribution is 2.36. The lowest BCUT2D eigenvalue weighted by molar-refractivity contribution is -0.137. The Balaban J connectivity index is 3.10. The van der Waals surface area contributed by atoms with Crippen LogP contribution < -0.4 is 5.32 Å². The molecule has 0 saturated heterocycles. The normalized spacial score (nSPS) is 10.9. The van der Waals surface area contributed by atoms with Gasteiger partial charge in [-0.05, 0) is 34.7 Å². The summed E-state index contributed by atoms with van der Waals surface area (Å²) < 4.78 is 37.6. The van der Waals surface area contributed by atoms with Gasteiger partial charge in [0.1, 0.15) is 6.42 Å². The van der Waals surface area contributed by atoms with E-state index in [1.54, 1.807) is 28.7 Å². The lowest BCUT2D eigenvalue weighted by Crippen LogP contribution is -2.13. The summed E-state index contributed by atoms with van der Waals surface area (Å²) in [5.41, 5.74) is -0.819. The number of nitriles is 1. The fourth-order valence-corrected chi connectivity index (χ4v) is 2.30. The van der Waals surface area contributed by atoms with Gasteiger partial charge in [-0.1, -0.05) is 11.6 Å². The zero-order valence-electron chi connectivity index (χ0n) is 8.61. The number of anilines is 1. The number of rotatable bonds is 2. The Morgan fingerprint density at radius 2 is 2.11 bits per heavy atom. The monoisotopic (exact) mass is 388 g/mol. The van der Waals surface area contributed by atoms with Gasteiger partial charge in [-0.3, -0.25) is 4.79 Å². The van der Waals surface area contributed by atoms with Crippen molar-refractivity contribution in [3.8, 4) is 6.07 Å². The number of hydrogen-bond acceptors (Lipinski definition) is 2. The lowest BCUT2D eigenvalue weighted by atomic mass is 10.2. The highest BCUT2D eigenvalue weighted by molar-refractivity contribution is 14.1. The summed E-state index contributed by atoms with van der Waals surface area (Å²) in [4.78, 5) is 11.2. The quantitative estimate of drug-likeness (QED) is 0.783. The molecular weight excluding hydrogens is 383 g/mol. The first-order valence-electron chi connectivity index (χ1n) is 4.48. The van der Waals surface area contributed by atoms with E-state index in [1.807, 2.05) is 0 Å². The van der Waals surface area contributed by atoms with Crippen molar-refractivity contribution < 1.29 is 18.0 Å². The van der Waals surface area contributed by atoms with Gasteiger partial charge in [0.05, 0.1) is 22.3 Å². The first kappa shape index (κ1) is 15.0. The van der Waals surface area contributed by atoms with Gasteiger partial charge in [0.15, 0.2) is 0 Å². The topological polar surface area (TPSA) is 52.9 Å². The highest BCUT2D eigenvalue weighted by Gasteiger charge is 2.32. The largest absolute Gasteiger partial charge is 0.416 e. The minimum absolute atomic E-state index is 0.0746. The molecule has 0 heterocycles. The predicted molar refractivity (Wildman–Crippen MR) is 68.0 cm³/mol.